The number of carbonyl (C=O) groups is 6. The molecule has 2 aliphatic carbocycles. The Kier molecular flexibility index (Phi) is 12.3. The van der Waals surface area contributed by atoms with E-state index in [1.165, 1.54) is 9.80 Å². The quantitative estimate of drug-likeness (QED) is 0.129. The average molecular weight is 757 g/mol. The summed E-state index contributed by atoms with van der Waals surface area (Å²) in [5.74, 6) is -2.65. The molecule has 1 saturated heterocycles. The molecule has 2 aliphatic heterocycles. The van der Waals surface area contributed by atoms with Crippen LogP contribution in [0, 0.1) is 5.92 Å². The molecule has 4 unspecified atom stereocenters. The molecule has 2 saturated carbocycles. The molecular formula is C36H48N6O10S. The molecule has 5 atom stereocenters. The minimum Gasteiger partial charge on any atom is -0.465 e. The molecule has 2 heterocycles. The Bertz CT molecular complexity index is 1690. The van der Waals surface area contributed by atoms with Crippen LogP contribution in [0.4, 0.5) is 9.59 Å². The number of benzene rings is 1. The zero-order chi connectivity index (χ0) is 38.5. The van der Waals surface area contributed by atoms with Gasteiger partial charge < -0.3 is 35.4 Å². The van der Waals surface area contributed by atoms with Crippen molar-refractivity contribution in [2.45, 2.75) is 94.4 Å². The van der Waals surface area contributed by atoms with Crippen LogP contribution < -0.4 is 20.7 Å². The number of hydrogen-bond acceptors (Lipinski definition) is 9. The molecule has 1 aromatic rings. The van der Waals surface area contributed by atoms with Crippen molar-refractivity contribution >= 4 is 52.9 Å². The average Bonchev–Trinajstić information content (AvgIpc) is 3.96. The van der Waals surface area contributed by atoms with Crippen molar-refractivity contribution in [2.24, 2.45) is 5.92 Å². The van der Waals surface area contributed by atoms with E-state index in [1.54, 1.807) is 39.0 Å². The summed E-state index contributed by atoms with van der Waals surface area (Å²) >= 11 is 0. The fraction of sp³-hybridized carbons (Fsp3) is 0.556. The smallest absolute Gasteiger partial charge is 0.408 e. The van der Waals surface area contributed by atoms with Crippen LogP contribution in [0.25, 0.3) is 6.08 Å². The van der Waals surface area contributed by atoms with Crippen molar-refractivity contribution < 1.29 is 47.6 Å². The van der Waals surface area contributed by atoms with E-state index in [-0.39, 0.29) is 37.5 Å². The summed E-state index contributed by atoms with van der Waals surface area (Å²) in [6.45, 7) is 8.92. The van der Waals surface area contributed by atoms with Gasteiger partial charge in [-0.25, -0.2) is 13.8 Å². The maximum Gasteiger partial charge on any atom is 0.408 e. The van der Waals surface area contributed by atoms with Crippen LogP contribution in [0.5, 0.6) is 0 Å². The fourth-order valence-electron chi connectivity index (χ4n) is 6.41. The van der Waals surface area contributed by atoms with Crippen LogP contribution in [0.3, 0.4) is 0 Å². The van der Waals surface area contributed by atoms with E-state index in [4.69, 9.17) is 9.47 Å². The van der Waals surface area contributed by atoms with Crippen molar-refractivity contribution in [2.75, 3.05) is 26.3 Å². The van der Waals surface area contributed by atoms with Crippen LogP contribution in [0.2, 0.25) is 0 Å². The molecule has 17 heteroatoms. The van der Waals surface area contributed by atoms with Gasteiger partial charge in [0.25, 0.3) is 5.91 Å². The van der Waals surface area contributed by atoms with Gasteiger partial charge in [-0.3, -0.25) is 28.8 Å². The van der Waals surface area contributed by atoms with Crippen molar-refractivity contribution in [1.82, 2.24) is 30.5 Å². The maximum absolute atomic E-state index is 13.5. The predicted octanol–water partition coefficient (Wildman–Crippen LogP) is 1.71. The molecule has 0 spiro atoms. The number of fused-ring (bicyclic) bond motifs is 1. The van der Waals surface area contributed by atoms with E-state index >= 15 is 0 Å². The normalized spacial score (nSPS) is 23.1. The zero-order valence-corrected chi connectivity index (χ0v) is 31.0. The number of hydrogen-bond donors (Lipinski definition) is 5. The van der Waals surface area contributed by atoms with E-state index in [2.05, 4.69) is 27.3 Å². The van der Waals surface area contributed by atoms with Gasteiger partial charge >= 0.3 is 12.2 Å². The minimum absolute atomic E-state index is 0.0539. The second-order valence-corrected chi connectivity index (χ2v) is 16.1. The number of alkyl carbamates (subject to hydrolysis) is 1. The van der Waals surface area contributed by atoms with E-state index in [0.29, 0.717) is 25.8 Å². The maximum atomic E-state index is 13.5. The topological polar surface area (TPSA) is 213 Å². The number of likely N-dealkylation sites (tertiary alicyclic amines) is 1. The van der Waals surface area contributed by atoms with E-state index < -0.39 is 76.6 Å². The van der Waals surface area contributed by atoms with Crippen molar-refractivity contribution in [3.8, 4) is 0 Å². The Labute approximate surface area is 310 Å². The number of amides is 6. The van der Waals surface area contributed by atoms with Gasteiger partial charge in [0.1, 0.15) is 34.2 Å². The number of nitrogens with zero attached hydrogens (tertiary/aromatic N) is 2. The zero-order valence-electron chi connectivity index (χ0n) is 30.2. The van der Waals surface area contributed by atoms with Gasteiger partial charge in [-0.2, -0.15) is 0 Å². The van der Waals surface area contributed by atoms with Crippen LogP contribution >= 0.6 is 0 Å². The van der Waals surface area contributed by atoms with Gasteiger partial charge in [0.15, 0.2) is 0 Å². The first-order valence-electron chi connectivity index (χ1n) is 17.7. The third-order valence-corrected chi connectivity index (χ3v) is 10.9. The number of rotatable bonds is 15. The SMILES string of the molecule is C=CC1C[C@]1(NC(=O)C1CCCN1C(=O)CNC(=O)C(COC/C=C/c1cccc2c1CN(C(=O)O)C2)NC(=O)OC(C)(C)C)C(=O)NS(=O)C1CC1. The molecule has 288 valence electrons. The molecule has 16 nitrogen and oxygen atoms in total. The van der Waals surface area contributed by atoms with Crippen molar-refractivity contribution in [3.05, 3.63) is 53.6 Å². The lowest BCUT2D eigenvalue weighted by atomic mass is 10.0. The third-order valence-electron chi connectivity index (χ3n) is 9.45. The lowest BCUT2D eigenvalue weighted by molar-refractivity contribution is -0.140. The number of nitrogens with one attached hydrogen (secondary N) is 4. The lowest BCUT2D eigenvalue weighted by Gasteiger charge is -2.27. The Hall–Kier alpha value is -4.77. The first-order valence-corrected chi connectivity index (χ1v) is 18.9. The van der Waals surface area contributed by atoms with Crippen LogP contribution in [-0.2, 0) is 52.7 Å². The Morgan fingerprint density at radius 3 is 2.55 bits per heavy atom. The summed E-state index contributed by atoms with van der Waals surface area (Å²) in [7, 11) is -1.53. The Balaban J connectivity index is 1.15. The second kappa shape index (κ2) is 16.5. The second-order valence-electron chi connectivity index (χ2n) is 14.7. The highest BCUT2D eigenvalue weighted by atomic mass is 32.2. The predicted molar refractivity (Wildman–Crippen MR) is 193 cm³/mol. The molecule has 3 fully saturated rings. The summed E-state index contributed by atoms with van der Waals surface area (Å²) in [5, 5.41) is 17.1. The first kappa shape index (κ1) is 39.4. The number of carbonyl (C=O) groups excluding carboxylic acids is 5. The van der Waals surface area contributed by atoms with Gasteiger partial charge in [-0.05, 0) is 69.6 Å². The summed E-state index contributed by atoms with van der Waals surface area (Å²) in [6, 6.07) is 3.47. The number of carboxylic acid groups (broad SMARTS) is 1. The summed E-state index contributed by atoms with van der Waals surface area (Å²) in [4.78, 5) is 79.9. The molecule has 0 radical (unpaired) electrons. The van der Waals surface area contributed by atoms with E-state index in [9.17, 15) is 38.1 Å². The van der Waals surface area contributed by atoms with Crippen molar-refractivity contribution in [1.29, 1.82) is 0 Å². The monoisotopic (exact) mass is 756 g/mol. The van der Waals surface area contributed by atoms with Gasteiger partial charge in [-0.1, -0.05) is 36.4 Å². The standard InChI is InChI=1S/C36H48N6O10S/c1-5-24-17-36(24,32(46)40-53(50)25-13-14-25)39-31(45)28-12-7-15-42(28)29(43)18-37-30(44)27(38-33(47)52-35(2,3)4)21-51-16-8-11-22-9-6-10-23-19-41(34(48)49)20-26(22)23/h5-6,8-11,24-25,27-28H,1,7,12-21H2,2-4H3,(H,37,44)(H,38,47)(H,39,45)(H,40,46)(H,48,49)/b11-8+/t24?,27?,28?,36-,53?/m1/s1. The lowest BCUT2D eigenvalue weighted by Crippen LogP contribution is -2.57. The molecule has 5 rings (SSSR count). The fourth-order valence-corrected chi connectivity index (χ4v) is 7.51. The van der Waals surface area contributed by atoms with Gasteiger partial charge in [0.05, 0.1) is 31.6 Å². The van der Waals surface area contributed by atoms with E-state index in [0.717, 1.165) is 29.5 Å². The highest BCUT2D eigenvalue weighted by molar-refractivity contribution is 7.84. The van der Waals surface area contributed by atoms with Gasteiger partial charge in [0, 0.05) is 19.0 Å². The highest BCUT2D eigenvalue weighted by Crippen LogP contribution is 2.45. The third kappa shape index (κ3) is 10.0. The Morgan fingerprint density at radius 2 is 1.89 bits per heavy atom. The summed E-state index contributed by atoms with van der Waals surface area (Å²) in [5.41, 5.74) is 0.527. The van der Waals surface area contributed by atoms with E-state index in [1.807, 2.05) is 18.2 Å². The van der Waals surface area contributed by atoms with Crippen LogP contribution in [0.15, 0.2) is 36.9 Å². The molecule has 4 aliphatic rings. The molecule has 5 N–H and O–H groups in total. The van der Waals surface area contributed by atoms with Crippen LogP contribution in [0.1, 0.15) is 69.6 Å². The van der Waals surface area contributed by atoms with Gasteiger partial charge in [0.2, 0.25) is 17.7 Å². The summed E-state index contributed by atoms with van der Waals surface area (Å²) in [6.07, 6.45) is 5.93. The largest absolute Gasteiger partial charge is 0.465 e. The van der Waals surface area contributed by atoms with Gasteiger partial charge in [-0.15, -0.1) is 6.58 Å². The molecule has 53 heavy (non-hydrogen) atoms. The molecule has 0 bridgehead atoms. The minimum atomic E-state index is -1.53. The molecule has 0 aromatic heterocycles. The Morgan fingerprint density at radius 1 is 1.13 bits per heavy atom. The molecule has 6 amide bonds. The first-order chi connectivity index (χ1) is 25.1. The van der Waals surface area contributed by atoms with Crippen molar-refractivity contribution in [3.63, 3.8) is 0 Å². The number of ether oxygens (including phenoxy) is 2. The van der Waals surface area contributed by atoms with Crippen LogP contribution in [-0.4, -0.2) is 110 Å². The highest BCUT2D eigenvalue weighted by Gasteiger charge is 2.61. The summed E-state index contributed by atoms with van der Waals surface area (Å²) < 4.78 is 25.9. The molecular weight excluding hydrogens is 708 g/mol. The molecule has 1 aromatic carbocycles.